The number of fused-ring (bicyclic) bond motifs is 1. The first-order chi connectivity index (χ1) is 16.3. The molecule has 0 bridgehead atoms. The Labute approximate surface area is 194 Å². The second-order valence-electron chi connectivity index (χ2n) is 7.24. The molecule has 0 saturated heterocycles. The Morgan fingerprint density at radius 2 is 1.68 bits per heavy atom. The van der Waals surface area contributed by atoms with Gasteiger partial charge in [0.25, 0.3) is 11.4 Å². The van der Waals surface area contributed by atoms with Crippen molar-refractivity contribution in [2.75, 3.05) is 0 Å². The third kappa shape index (κ3) is 4.25. The summed E-state index contributed by atoms with van der Waals surface area (Å²) in [5, 5.41) is 5.47. The number of aromatic nitrogens is 3. The fraction of sp³-hybridized carbons (Fsp3) is 0.0417. The molecule has 0 aliphatic rings. The molecular weight excluding hydrogens is 471 g/mol. The van der Waals surface area contributed by atoms with Crippen molar-refractivity contribution < 1.29 is 22.4 Å². The molecular formula is C24H13ClF3N3O3. The summed E-state index contributed by atoms with van der Waals surface area (Å²) in [6.45, 7) is 0. The van der Waals surface area contributed by atoms with Crippen LogP contribution in [-0.2, 0) is 0 Å². The zero-order chi connectivity index (χ0) is 23.9. The molecule has 0 radical (unpaired) electrons. The van der Waals surface area contributed by atoms with E-state index >= 15 is 0 Å². The van der Waals surface area contributed by atoms with Gasteiger partial charge in [-0.05, 0) is 48.5 Å². The minimum atomic E-state index is -4.78. The van der Waals surface area contributed by atoms with Crippen molar-refractivity contribution in [2.45, 2.75) is 6.36 Å². The van der Waals surface area contributed by atoms with Gasteiger partial charge < -0.3 is 9.26 Å². The topological polar surface area (TPSA) is 70.2 Å². The van der Waals surface area contributed by atoms with Crippen LogP contribution in [0.2, 0.25) is 5.02 Å². The SMILES string of the molecule is O=c1c2ccccc2c(-c2nc(-c3ccc(OC(F)(F)F)cc3)no2)cn1-c1cccc(Cl)c1. The molecule has 5 rings (SSSR count). The van der Waals surface area contributed by atoms with Gasteiger partial charge in [-0.25, -0.2) is 0 Å². The molecule has 2 heterocycles. The molecule has 6 nitrogen and oxygen atoms in total. The molecule has 2 aromatic heterocycles. The summed E-state index contributed by atoms with van der Waals surface area (Å²) in [7, 11) is 0. The van der Waals surface area contributed by atoms with Crippen molar-refractivity contribution in [3.05, 3.63) is 94.4 Å². The lowest BCUT2D eigenvalue weighted by molar-refractivity contribution is -0.274. The number of rotatable bonds is 4. The van der Waals surface area contributed by atoms with E-state index in [0.29, 0.717) is 32.6 Å². The quantitative estimate of drug-likeness (QED) is 0.302. The molecule has 0 spiro atoms. The van der Waals surface area contributed by atoms with E-state index in [-0.39, 0.29) is 23.0 Å². The second-order valence-corrected chi connectivity index (χ2v) is 7.68. The Morgan fingerprint density at radius 1 is 0.941 bits per heavy atom. The number of alkyl halides is 3. The van der Waals surface area contributed by atoms with E-state index in [9.17, 15) is 18.0 Å². The van der Waals surface area contributed by atoms with Crippen LogP contribution in [0.5, 0.6) is 5.75 Å². The number of hydrogen-bond donors (Lipinski definition) is 0. The average Bonchev–Trinajstić information content (AvgIpc) is 3.29. The Bertz CT molecular complexity index is 1560. The first-order valence-electron chi connectivity index (χ1n) is 9.89. The highest BCUT2D eigenvalue weighted by Gasteiger charge is 2.31. The van der Waals surface area contributed by atoms with Crippen molar-refractivity contribution in [1.29, 1.82) is 0 Å². The van der Waals surface area contributed by atoms with Crippen LogP contribution < -0.4 is 10.3 Å². The maximum absolute atomic E-state index is 13.1. The molecule has 0 unspecified atom stereocenters. The van der Waals surface area contributed by atoms with E-state index in [4.69, 9.17) is 16.1 Å². The smallest absolute Gasteiger partial charge is 0.406 e. The van der Waals surface area contributed by atoms with Gasteiger partial charge in [0.15, 0.2) is 0 Å². The molecule has 0 aliphatic heterocycles. The van der Waals surface area contributed by atoms with Crippen LogP contribution in [0.3, 0.4) is 0 Å². The molecule has 0 saturated carbocycles. The van der Waals surface area contributed by atoms with Gasteiger partial charge in [0, 0.05) is 27.6 Å². The third-order valence-corrected chi connectivity index (χ3v) is 5.25. The van der Waals surface area contributed by atoms with Crippen LogP contribution in [-0.4, -0.2) is 21.1 Å². The second kappa shape index (κ2) is 8.35. The zero-order valence-corrected chi connectivity index (χ0v) is 17.8. The van der Waals surface area contributed by atoms with Gasteiger partial charge in [0.2, 0.25) is 5.82 Å². The highest BCUT2D eigenvalue weighted by molar-refractivity contribution is 6.30. The predicted molar refractivity (Wildman–Crippen MR) is 120 cm³/mol. The van der Waals surface area contributed by atoms with Crippen molar-refractivity contribution in [2.24, 2.45) is 0 Å². The van der Waals surface area contributed by atoms with Gasteiger partial charge in [-0.1, -0.05) is 41.0 Å². The van der Waals surface area contributed by atoms with Gasteiger partial charge in [-0.3, -0.25) is 9.36 Å². The molecule has 0 amide bonds. The van der Waals surface area contributed by atoms with E-state index < -0.39 is 6.36 Å². The van der Waals surface area contributed by atoms with Gasteiger partial charge in [0.05, 0.1) is 11.3 Å². The monoisotopic (exact) mass is 483 g/mol. The van der Waals surface area contributed by atoms with Gasteiger partial charge in [0.1, 0.15) is 5.75 Å². The summed E-state index contributed by atoms with van der Waals surface area (Å²) >= 11 is 6.11. The summed E-state index contributed by atoms with van der Waals surface area (Å²) in [6.07, 6.45) is -3.19. The van der Waals surface area contributed by atoms with Crippen LogP contribution in [0.15, 0.2) is 88.3 Å². The molecule has 5 aromatic rings. The molecule has 0 aliphatic carbocycles. The summed E-state index contributed by atoms with van der Waals surface area (Å²) in [6, 6.07) is 18.9. The van der Waals surface area contributed by atoms with E-state index in [0.717, 1.165) is 12.1 Å². The number of halogens is 4. The van der Waals surface area contributed by atoms with Crippen molar-refractivity contribution in [3.8, 4) is 34.3 Å². The predicted octanol–water partition coefficient (Wildman–Crippen LogP) is 6.26. The molecule has 0 N–H and O–H groups in total. The number of ether oxygens (including phenoxy) is 1. The van der Waals surface area contributed by atoms with Crippen LogP contribution in [0.25, 0.3) is 39.3 Å². The fourth-order valence-electron chi connectivity index (χ4n) is 3.54. The van der Waals surface area contributed by atoms with Crippen molar-refractivity contribution in [3.63, 3.8) is 0 Å². The van der Waals surface area contributed by atoms with Crippen LogP contribution in [0.4, 0.5) is 13.2 Å². The fourth-order valence-corrected chi connectivity index (χ4v) is 3.72. The summed E-state index contributed by atoms with van der Waals surface area (Å²) < 4.78 is 48.0. The van der Waals surface area contributed by atoms with Gasteiger partial charge in [-0.2, -0.15) is 4.98 Å². The molecule has 0 atom stereocenters. The molecule has 10 heteroatoms. The van der Waals surface area contributed by atoms with Crippen molar-refractivity contribution >= 4 is 22.4 Å². The largest absolute Gasteiger partial charge is 0.573 e. The van der Waals surface area contributed by atoms with E-state index in [2.05, 4.69) is 14.9 Å². The number of nitrogens with zero attached hydrogens (tertiary/aromatic N) is 3. The number of pyridine rings is 1. The minimum absolute atomic E-state index is 0.137. The van der Waals surface area contributed by atoms with Crippen LogP contribution >= 0.6 is 11.6 Å². The average molecular weight is 484 g/mol. The third-order valence-electron chi connectivity index (χ3n) is 5.01. The maximum atomic E-state index is 13.1. The van der Waals surface area contributed by atoms with Crippen LogP contribution in [0, 0.1) is 0 Å². The Morgan fingerprint density at radius 3 is 2.38 bits per heavy atom. The first kappa shape index (κ1) is 21.7. The van der Waals surface area contributed by atoms with Crippen molar-refractivity contribution in [1.82, 2.24) is 14.7 Å². The molecule has 0 fully saturated rings. The number of hydrogen-bond acceptors (Lipinski definition) is 5. The standard InChI is InChI=1S/C24H13ClF3N3O3/c25-15-4-3-5-16(12-15)31-13-20(18-6-1-2-7-19(18)23(31)32)22-29-21(30-34-22)14-8-10-17(11-9-14)33-24(26,27)28/h1-13H. The summed E-state index contributed by atoms with van der Waals surface area (Å²) in [5.41, 5.74) is 1.24. The minimum Gasteiger partial charge on any atom is -0.406 e. The Hall–Kier alpha value is -4.11. The van der Waals surface area contributed by atoms with E-state index in [1.807, 2.05) is 0 Å². The highest BCUT2D eigenvalue weighted by atomic mass is 35.5. The van der Waals surface area contributed by atoms with E-state index in [1.54, 1.807) is 54.7 Å². The Kier molecular flexibility index (Phi) is 5.33. The first-order valence-corrected chi connectivity index (χ1v) is 10.3. The maximum Gasteiger partial charge on any atom is 0.573 e. The molecule has 3 aromatic carbocycles. The van der Waals surface area contributed by atoms with E-state index in [1.165, 1.54) is 16.7 Å². The normalized spacial score (nSPS) is 11.6. The lowest BCUT2D eigenvalue weighted by Crippen LogP contribution is -2.18. The molecule has 34 heavy (non-hydrogen) atoms. The van der Waals surface area contributed by atoms with Gasteiger partial charge in [-0.15, -0.1) is 13.2 Å². The molecule has 170 valence electrons. The van der Waals surface area contributed by atoms with Gasteiger partial charge >= 0.3 is 6.36 Å². The van der Waals surface area contributed by atoms with Crippen LogP contribution in [0.1, 0.15) is 0 Å². The zero-order valence-electron chi connectivity index (χ0n) is 17.1. The summed E-state index contributed by atoms with van der Waals surface area (Å²) in [5.74, 6) is -0.0599. The highest BCUT2D eigenvalue weighted by Crippen LogP contribution is 2.30. The summed E-state index contributed by atoms with van der Waals surface area (Å²) in [4.78, 5) is 17.5. The number of benzene rings is 3. The lowest BCUT2D eigenvalue weighted by atomic mass is 10.1. The Balaban J connectivity index is 1.59. The lowest BCUT2D eigenvalue weighted by Gasteiger charge is -2.10.